The quantitative estimate of drug-likeness (QED) is 0.721. The molecule has 2 aromatic rings. The van der Waals surface area contributed by atoms with E-state index in [1.807, 2.05) is 17.2 Å². The number of thiazole rings is 1. The van der Waals surface area contributed by atoms with Crippen LogP contribution in [0.5, 0.6) is 11.5 Å². The van der Waals surface area contributed by atoms with Gasteiger partial charge in [-0.3, -0.25) is 9.59 Å². The number of hydrogen-bond acceptors (Lipinski definition) is 6. The van der Waals surface area contributed by atoms with E-state index in [2.05, 4.69) is 4.98 Å². The van der Waals surface area contributed by atoms with Crippen LogP contribution in [0.25, 0.3) is 0 Å². The fourth-order valence-electron chi connectivity index (χ4n) is 3.36. The first-order valence-electron chi connectivity index (χ1n) is 9.67. The molecule has 156 valence electrons. The highest BCUT2D eigenvalue weighted by molar-refractivity contribution is 7.09. The molecule has 29 heavy (non-hydrogen) atoms. The Hall–Kier alpha value is -2.61. The van der Waals surface area contributed by atoms with Crippen LogP contribution in [0.4, 0.5) is 0 Å². The minimum Gasteiger partial charge on any atom is -0.493 e. The summed E-state index contributed by atoms with van der Waals surface area (Å²) in [5.41, 5.74) is 0.535. The summed E-state index contributed by atoms with van der Waals surface area (Å²) in [5, 5.41) is 2.80. The van der Waals surface area contributed by atoms with Crippen LogP contribution >= 0.6 is 11.3 Å². The Kier molecular flexibility index (Phi) is 6.74. The lowest BCUT2D eigenvalue weighted by molar-refractivity contribution is -0.130. The van der Waals surface area contributed by atoms with Gasteiger partial charge in [0.05, 0.1) is 13.2 Å². The molecule has 1 fully saturated rings. The highest BCUT2D eigenvalue weighted by atomic mass is 32.1. The predicted molar refractivity (Wildman–Crippen MR) is 112 cm³/mol. The van der Waals surface area contributed by atoms with Gasteiger partial charge in [0.2, 0.25) is 5.91 Å². The second kappa shape index (κ2) is 9.26. The second-order valence-corrected chi connectivity index (χ2v) is 8.08. The van der Waals surface area contributed by atoms with Gasteiger partial charge in [-0.15, -0.1) is 11.3 Å². The van der Waals surface area contributed by atoms with Crippen LogP contribution in [0.1, 0.15) is 48.1 Å². The van der Waals surface area contributed by atoms with Crippen molar-refractivity contribution < 1.29 is 19.1 Å². The molecule has 8 heteroatoms. The zero-order valence-electron chi connectivity index (χ0n) is 17.3. The highest BCUT2D eigenvalue weighted by Gasteiger charge is 2.25. The molecule has 2 amide bonds. The van der Waals surface area contributed by atoms with Gasteiger partial charge in [-0.05, 0) is 25.1 Å². The van der Waals surface area contributed by atoms with Crippen molar-refractivity contribution in [3.8, 4) is 11.5 Å². The average molecular weight is 418 g/mol. The standard InChI is InChI=1S/C21H27N3O4S/c1-14(20-22-9-12-29-20)23(3)21(26)16-5-6-18(27-4)19(13-16)28-17-7-10-24(11-8-17)15(2)25/h5-6,9,12-14,17H,7-8,10-11H2,1-4H3/t14-/m0/s1. The summed E-state index contributed by atoms with van der Waals surface area (Å²) in [6.07, 6.45) is 3.23. The van der Waals surface area contributed by atoms with Crippen LogP contribution in [-0.4, -0.2) is 59.9 Å². The Balaban J connectivity index is 1.73. The molecule has 1 saturated heterocycles. The van der Waals surface area contributed by atoms with Crippen molar-refractivity contribution in [3.05, 3.63) is 40.3 Å². The summed E-state index contributed by atoms with van der Waals surface area (Å²) in [4.78, 5) is 32.3. The van der Waals surface area contributed by atoms with Crippen molar-refractivity contribution in [2.45, 2.75) is 38.8 Å². The molecule has 0 bridgehead atoms. The van der Waals surface area contributed by atoms with Crippen molar-refractivity contribution in [1.29, 1.82) is 0 Å². The van der Waals surface area contributed by atoms with Gasteiger partial charge in [0, 0.05) is 57.0 Å². The van der Waals surface area contributed by atoms with Crippen LogP contribution < -0.4 is 9.47 Å². The number of amides is 2. The Labute approximate surface area is 175 Å². The lowest BCUT2D eigenvalue weighted by Gasteiger charge is -2.32. The van der Waals surface area contributed by atoms with Gasteiger partial charge in [0.25, 0.3) is 5.91 Å². The number of likely N-dealkylation sites (tertiary alicyclic amines) is 1. The lowest BCUT2D eigenvalue weighted by atomic mass is 10.1. The van der Waals surface area contributed by atoms with E-state index in [9.17, 15) is 9.59 Å². The molecule has 1 atom stereocenters. The highest BCUT2D eigenvalue weighted by Crippen LogP contribution is 2.32. The van der Waals surface area contributed by atoms with Crippen molar-refractivity contribution in [1.82, 2.24) is 14.8 Å². The van der Waals surface area contributed by atoms with Gasteiger partial charge in [-0.25, -0.2) is 4.98 Å². The summed E-state index contributed by atoms with van der Waals surface area (Å²) in [6.45, 7) is 4.90. The van der Waals surface area contributed by atoms with E-state index in [-0.39, 0.29) is 24.0 Å². The molecule has 0 saturated carbocycles. The zero-order chi connectivity index (χ0) is 21.0. The van der Waals surface area contributed by atoms with Gasteiger partial charge < -0.3 is 19.3 Å². The van der Waals surface area contributed by atoms with Crippen molar-refractivity contribution in [2.24, 2.45) is 0 Å². The van der Waals surface area contributed by atoms with Crippen LogP contribution in [0, 0.1) is 0 Å². The van der Waals surface area contributed by atoms with Gasteiger partial charge in [0.1, 0.15) is 11.1 Å². The molecule has 2 heterocycles. The predicted octanol–water partition coefficient (Wildman–Crippen LogP) is 3.37. The number of hydrogen-bond donors (Lipinski definition) is 0. The van der Waals surface area contributed by atoms with Crippen LogP contribution in [0.3, 0.4) is 0 Å². The summed E-state index contributed by atoms with van der Waals surface area (Å²) < 4.78 is 11.6. The van der Waals surface area contributed by atoms with Crippen LogP contribution in [0.15, 0.2) is 29.8 Å². The molecule has 1 aromatic heterocycles. The minimum absolute atomic E-state index is 0.0168. The third kappa shape index (κ3) is 4.87. The second-order valence-electron chi connectivity index (χ2n) is 7.15. The molecular weight excluding hydrogens is 390 g/mol. The van der Waals surface area contributed by atoms with E-state index in [0.717, 1.165) is 17.8 Å². The number of piperidine rings is 1. The fraction of sp³-hybridized carbons (Fsp3) is 0.476. The van der Waals surface area contributed by atoms with E-state index < -0.39 is 0 Å². The number of carbonyl (C=O) groups is 2. The lowest BCUT2D eigenvalue weighted by Crippen LogP contribution is -2.40. The molecule has 0 aliphatic carbocycles. The minimum atomic E-state index is -0.120. The average Bonchev–Trinajstić information content (AvgIpc) is 3.27. The first-order valence-corrected chi connectivity index (χ1v) is 10.6. The summed E-state index contributed by atoms with van der Waals surface area (Å²) in [6, 6.07) is 5.13. The maximum absolute atomic E-state index is 13.0. The number of benzene rings is 1. The molecule has 0 unspecified atom stereocenters. The number of carbonyl (C=O) groups excluding carboxylic acids is 2. The number of aromatic nitrogens is 1. The van der Waals surface area contributed by atoms with Gasteiger partial charge in [0.15, 0.2) is 11.5 Å². The van der Waals surface area contributed by atoms with Crippen molar-refractivity contribution in [2.75, 3.05) is 27.2 Å². The Morgan fingerprint density at radius 2 is 2.00 bits per heavy atom. The molecule has 0 radical (unpaired) electrons. The zero-order valence-corrected chi connectivity index (χ0v) is 18.1. The molecule has 0 N–H and O–H groups in total. The van der Waals surface area contributed by atoms with E-state index in [0.29, 0.717) is 30.2 Å². The third-order valence-corrected chi connectivity index (χ3v) is 6.25. The monoisotopic (exact) mass is 417 g/mol. The Morgan fingerprint density at radius 1 is 1.28 bits per heavy atom. The number of methoxy groups -OCH3 is 1. The Bertz CT molecular complexity index is 848. The first-order chi connectivity index (χ1) is 13.9. The van der Waals surface area contributed by atoms with Crippen LogP contribution in [-0.2, 0) is 4.79 Å². The molecule has 1 aliphatic heterocycles. The normalized spacial score (nSPS) is 15.7. The largest absolute Gasteiger partial charge is 0.493 e. The van der Waals surface area contributed by atoms with E-state index in [1.54, 1.807) is 50.4 Å². The van der Waals surface area contributed by atoms with E-state index in [4.69, 9.17) is 9.47 Å². The number of ether oxygens (including phenoxy) is 2. The molecule has 7 nitrogen and oxygen atoms in total. The first kappa shape index (κ1) is 21.1. The van der Waals surface area contributed by atoms with E-state index >= 15 is 0 Å². The van der Waals surface area contributed by atoms with Gasteiger partial charge in [-0.2, -0.15) is 0 Å². The molecular formula is C21H27N3O4S. The van der Waals surface area contributed by atoms with E-state index in [1.165, 1.54) is 11.3 Å². The van der Waals surface area contributed by atoms with Gasteiger partial charge in [-0.1, -0.05) is 0 Å². The Morgan fingerprint density at radius 3 is 2.59 bits per heavy atom. The molecule has 1 aliphatic rings. The molecule has 1 aromatic carbocycles. The van der Waals surface area contributed by atoms with Crippen LogP contribution in [0.2, 0.25) is 0 Å². The maximum atomic E-state index is 13.0. The summed E-state index contributed by atoms with van der Waals surface area (Å²) in [5.74, 6) is 1.12. The van der Waals surface area contributed by atoms with Gasteiger partial charge >= 0.3 is 0 Å². The van der Waals surface area contributed by atoms with Crippen molar-refractivity contribution >= 4 is 23.2 Å². The third-order valence-electron chi connectivity index (χ3n) is 5.30. The molecule has 3 rings (SSSR count). The number of nitrogens with zero attached hydrogens (tertiary/aromatic N) is 3. The topological polar surface area (TPSA) is 72.0 Å². The fourth-order valence-corrected chi connectivity index (χ4v) is 4.09. The summed E-state index contributed by atoms with van der Waals surface area (Å²) >= 11 is 1.53. The smallest absolute Gasteiger partial charge is 0.254 e. The summed E-state index contributed by atoms with van der Waals surface area (Å²) in [7, 11) is 3.36. The maximum Gasteiger partial charge on any atom is 0.254 e. The molecule has 0 spiro atoms. The number of rotatable bonds is 6. The van der Waals surface area contributed by atoms with Crippen molar-refractivity contribution in [3.63, 3.8) is 0 Å². The SMILES string of the molecule is COc1ccc(C(=O)N(C)[C@@H](C)c2nccs2)cc1OC1CCN(C(C)=O)CC1.